The highest BCUT2D eigenvalue weighted by atomic mass is 79.9. The molecule has 0 radical (unpaired) electrons. The topological polar surface area (TPSA) is 44.7 Å². The predicted octanol–water partition coefficient (Wildman–Crippen LogP) is 6.79. The minimum Gasteiger partial charge on any atom is -0.306 e. The Bertz CT molecular complexity index is 1050. The lowest BCUT2D eigenvalue weighted by molar-refractivity contribution is 0.218. The maximum atomic E-state index is 12.8. The number of halogens is 3. The van der Waals surface area contributed by atoms with E-state index in [1.165, 1.54) is 5.01 Å². The highest BCUT2D eigenvalue weighted by Gasteiger charge is 2.32. The molecule has 2 amide bonds. The third kappa shape index (κ3) is 4.64. The summed E-state index contributed by atoms with van der Waals surface area (Å²) in [4.78, 5) is 12.8. The minimum absolute atomic E-state index is 0.0656. The normalized spacial score (nSPS) is 15.9. The van der Waals surface area contributed by atoms with Crippen LogP contribution in [0.4, 0.5) is 10.5 Å². The third-order valence-corrected chi connectivity index (χ3v) is 5.69. The molecule has 1 aliphatic rings. The fourth-order valence-electron chi connectivity index (χ4n) is 3.19. The Kier molecular flexibility index (Phi) is 5.90. The van der Waals surface area contributed by atoms with E-state index >= 15 is 0 Å². The van der Waals surface area contributed by atoms with Crippen molar-refractivity contribution in [1.82, 2.24) is 5.01 Å². The van der Waals surface area contributed by atoms with Crippen LogP contribution >= 0.6 is 39.1 Å². The number of rotatable bonds is 3. The number of hydrogen-bond acceptors (Lipinski definition) is 2. The minimum atomic E-state index is -0.282. The highest BCUT2D eigenvalue weighted by Crippen LogP contribution is 2.30. The molecule has 4 nitrogen and oxygen atoms in total. The Labute approximate surface area is 187 Å². The van der Waals surface area contributed by atoms with Crippen molar-refractivity contribution in [3.05, 3.63) is 98.4 Å². The number of anilines is 1. The van der Waals surface area contributed by atoms with E-state index in [2.05, 4.69) is 26.3 Å². The largest absolute Gasteiger partial charge is 0.342 e. The molecule has 7 heteroatoms. The molecular formula is C22H16BrCl2N3O. The molecule has 0 aliphatic carbocycles. The zero-order valence-electron chi connectivity index (χ0n) is 15.1. The van der Waals surface area contributed by atoms with Gasteiger partial charge in [-0.05, 0) is 59.7 Å². The molecule has 0 saturated heterocycles. The monoisotopic (exact) mass is 487 g/mol. The molecule has 1 aliphatic heterocycles. The van der Waals surface area contributed by atoms with Crippen molar-refractivity contribution in [2.24, 2.45) is 5.10 Å². The van der Waals surface area contributed by atoms with Gasteiger partial charge in [0.15, 0.2) is 0 Å². The number of carbonyl (C=O) groups excluding carboxylic acids is 1. The number of nitrogens with one attached hydrogen (secondary N) is 1. The zero-order chi connectivity index (χ0) is 20.4. The molecule has 1 heterocycles. The second kappa shape index (κ2) is 8.57. The quantitative estimate of drug-likeness (QED) is 0.433. The zero-order valence-corrected chi connectivity index (χ0v) is 18.2. The Morgan fingerprint density at radius 3 is 2.14 bits per heavy atom. The van der Waals surface area contributed by atoms with Crippen LogP contribution in [-0.2, 0) is 0 Å². The summed E-state index contributed by atoms with van der Waals surface area (Å²) in [5.74, 6) is -0.0656. The van der Waals surface area contributed by atoms with Crippen LogP contribution in [0.3, 0.4) is 0 Å². The molecule has 1 N–H and O–H groups in total. The van der Waals surface area contributed by atoms with Crippen LogP contribution < -0.4 is 5.32 Å². The standard InChI is InChI=1S/C22H16BrCl2N3O/c23-16-5-11-19(12-6-16)26-22(29)28-13-20(14-1-7-17(24)8-2-14)21(27-28)15-3-9-18(25)10-4-15/h1-12,20H,13H2,(H,26,29). The Hall–Kier alpha value is -2.34. The van der Waals surface area contributed by atoms with Crippen LogP contribution in [0.1, 0.15) is 17.0 Å². The molecule has 0 saturated carbocycles. The van der Waals surface area contributed by atoms with E-state index < -0.39 is 0 Å². The van der Waals surface area contributed by atoms with Crippen molar-refractivity contribution < 1.29 is 4.79 Å². The van der Waals surface area contributed by atoms with E-state index in [1.54, 1.807) is 0 Å². The number of amides is 2. The molecule has 0 fully saturated rings. The van der Waals surface area contributed by atoms with Crippen molar-refractivity contribution in [2.75, 3.05) is 11.9 Å². The van der Waals surface area contributed by atoms with Crippen LogP contribution in [0, 0.1) is 0 Å². The van der Waals surface area contributed by atoms with Crippen molar-refractivity contribution >= 4 is 56.6 Å². The summed E-state index contributed by atoms with van der Waals surface area (Å²) in [6, 6.07) is 22.2. The van der Waals surface area contributed by atoms with Crippen LogP contribution in [0.5, 0.6) is 0 Å². The average Bonchev–Trinajstić information content (AvgIpc) is 3.16. The van der Waals surface area contributed by atoms with Gasteiger partial charge in [-0.1, -0.05) is 63.4 Å². The molecule has 0 aromatic heterocycles. The SMILES string of the molecule is O=C(Nc1ccc(Br)cc1)N1CC(c2ccc(Cl)cc2)C(c2ccc(Cl)cc2)=N1. The van der Waals surface area contributed by atoms with Gasteiger partial charge in [-0.2, -0.15) is 5.10 Å². The van der Waals surface area contributed by atoms with Crippen LogP contribution in [0.25, 0.3) is 0 Å². The fraction of sp³-hybridized carbons (Fsp3) is 0.0909. The molecular weight excluding hydrogens is 473 g/mol. The molecule has 0 spiro atoms. The lowest BCUT2D eigenvalue weighted by atomic mass is 9.91. The second-order valence-electron chi connectivity index (χ2n) is 6.62. The van der Waals surface area contributed by atoms with Gasteiger partial charge in [0, 0.05) is 26.1 Å². The number of nitrogens with zero attached hydrogens (tertiary/aromatic N) is 2. The number of hydrogen-bond donors (Lipinski definition) is 1. The van der Waals surface area contributed by atoms with Crippen molar-refractivity contribution in [3.63, 3.8) is 0 Å². The van der Waals surface area contributed by atoms with Gasteiger partial charge >= 0.3 is 6.03 Å². The maximum absolute atomic E-state index is 12.8. The molecule has 29 heavy (non-hydrogen) atoms. The first kappa shape index (κ1) is 20.0. The summed E-state index contributed by atoms with van der Waals surface area (Å²) < 4.78 is 0.947. The lowest BCUT2D eigenvalue weighted by Crippen LogP contribution is -2.30. The Morgan fingerprint density at radius 1 is 0.931 bits per heavy atom. The predicted molar refractivity (Wildman–Crippen MR) is 122 cm³/mol. The summed E-state index contributed by atoms with van der Waals surface area (Å²) in [6.07, 6.45) is 0. The third-order valence-electron chi connectivity index (χ3n) is 4.66. The molecule has 1 unspecified atom stereocenters. The number of benzene rings is 3. The molecule has 1 atom stereocenters. The van der Waals surface area contributed by atoms with Gasteiger partial charge in [-0.15, -0.1) is 0 Å². The molecule has 3 aromatic carbocycles. The first-order chi connectivity index (χ1) is 14.0. The lowest BCUT2D eigenvalue weighted by Gasteiger charge is -2.16. The summed E-state index contributed by atoms with van der Waals surface area (Å²) in [6.45, 7) is 0.432. The van der Waals surface area contributed by atoms with E-state index in [0.717, 1.165) is 21.3 Å². The Balaban J connectivity index is 1.63. The first-order valence-electron chi connectivity index (χ1n) is 8.93. The second-order valence-corrected chi connectivity index (χ2v) is 8.40. The number of carbonyl (C=O) groups is 1. The highest BCUT2D eigenvalue weighted by molar-refractivity contribution is 9.10. The number of urea groups is 1. The molecule has 3 aromatic rings. The van der Waals surface area contributed by atoms with Crippen molar-refractivity contribution in [3.8, 4) is 0 Å². The van der Waals surface area contributed by atoms with Gasteiger partial charge in [0.25, 0.3) is 0 Å². The summed E-state index contributed by atoms with van der Waals surface area (Å²) in [7, 11) is 0. The number of hydrazone groups is 1. The van der Waals surface area contributed by atoms with E-state index in [9.17, 15) is 4.79 Å². The molecule has 0 bridgehead atoms. The maximum Gasteiger partial charge on any atom is 0.342 e. The molecule has 146 valence electrons. The van der Waals surface area contributed by atoms with Gasteiger partial charge in [0.05, 0.1) is 12.3 Å². The van der Waals surface area contributed by atoms with Gasteiger partial charge in [0.1, 0.15) is 0 Å². The Morgan fingerprint density at radius 2 is 1.52 bits per heavy atom. The van der Waals surface area contributed by atoms with Gasteiger partial charge in [0.2, 0.25) is 0 Å². The van der Waals surface area contributed by atoms with Gasteiger partial charge in [-0.25, -0.2) is 9.80 Å². The van der Waals surface area contributed by atoms with Crippen LogP contribution in [-0.4, -0.2) is 23.3 Å². The van der Waals surface area contributed by atoms with Gasteiger partial charge < -0.3 is 5.32 Å². The van der Waals surface area contributed by atoms with E-state index in [-0.39, 0.29) is 11.9 Å². The van der Waals surface area contributed by atoms with E-state index in [1.807, 2.05) is 72.8 Å². The smallest absolute Gasteiger partial charge is 0.306 e. The summed E-state index contributed by atoms with van der Waals surface area (Å²) in [5, 5.41) is 10.3. The van der Waals surface area contributed by atoms with Crippen molar-refractivity contribution in [2.45, 2.75) is 5.92 Å². The molecule has 4 rings (SSSR count). The average molecular weight is 489 g/mol. The van der Waals surface area contributed by atoms with Crippen LogP contribution in [0.15, 0.2) is 82.4 Å². The van der Waals surface area contributed by atoms with E-state index in [4.69, 9.17) is 23.2 Å². The van der Waals surface area contributed by atoms with Crippen molar-refractivity contribution in [1.29, 1.82) is 0 Å². The summed E-state index contributed by atoms with van der Waals surface area (Å²) >= 11 is 15.5. The van der Waals surface area contributed by atoms with Gasteiger partial charge in [-0.3, -0.25) is 0 Å². The fourth-order valence-corrected chi connectivity index (χ4v) is 3.70. The van der Waals surface area contributed by atoms with Crippen LogP contribution in [0.2, 0.25) is 10.0 Å². The summed E-state index contributed by atoms with van der Waals surface area (Å²) in [5.41, 5.74) is 3.49. The first-order valence-corrected chi connectivity index (χ1v) is 10.5. The van der Waals surface area contributed by atoms with E-state index in [0.29, 0.717) is 22.3 Å².